The molecule has 0 aromatic heterocycles. The molecule has 1 fully saturated rings. The van der Waals surface area contributed by atoms with Gasteiger partial charge in [-0.05, 0) is 44.6 Å². The van der Waals surface area contributed by atoms with Crippen LogP contribution in [-0.4, -0.2) is 17.8 Å². The van der Waals surface area contributed by atoms with Gasteiger partial charge in [-0.1, -0.05) is 30.3 Å². The van der Waals surface area contributed by atoms with E-state index in [-0.39, 0.29) is 0 Å². The smallest absolute Gasteiger partial charge is 0.0868 e. The average Bonchev–Trinajstić information content (AvgIpc) is 2.83. The highest BCUT2D eigenvalue weighted by Crippen LogP contribution is 2.28. The quantitative estimate of drug-likeness (QED) is 0.847. The fourth-order valence-electron chi connectivity index (χ4n) is 2.49. The monoisotopic (exact) mass is 234 g/mol. The average molecular weight is 234 g/mol. The lowest BCUT2D eigenvalue weighted by Crippen LogP contribution is -2.21. The number of ether oxygens (including phenoxy) is 1. The number of benzene rings is 1. The Bertz CT molecular complexity index is 326. The number of rotatable bonds is 5. The molecule has 0 radical (unpaired) electrons. The van der Waals surface area contributed by atoms with Gasteiger partial charge in [0.15, 0.2) is 0 Å². The molecule has 2 heteroatoms. The maximum atomic E-state index is 10.4. The van der Waals surface area contributed by atoms with Crippen LogP contribution in [-0.2, 0) is 10.3 Å². The van der Waals surface area contributed by atoms with Crippen LogP contribution in [0.25, 0.3) is 0 Å². The molecule has 0 bridgehead atoms. The fourth-order valence-corrected chi connectivity index (χ4v) is 2.49. The lowest BCUT2D eigenvalue weighted by atomic mass is 9.90. The Morgan fingerprint density at radius 2 is 2.12 bits per heavy atom. The Kier molecular flexibility index (Phi) is 4.19. The van der Waals surface area contributed by atoms with Gasteiger partial charge in [0, 0.05) is 6.61 Å². The minimum absolute atomic E-state index is 0.432. The van der Waals surface area contributed by atoms with Crippen LogP contribution in [0.4, 0.5) is 0 Å². The summed E-state index contributed by atoms with van der Waals surface area (Å²) in [6, 6.07) is 9.91. The van der Waals surface area contributed by atoms with Crippen LogP contribution in [0.1, 0.15) is 44.6 Å². The maximum absolute atomic E-state index is 10.4. The van der Waals surface area contributed by atoms with E-state index in [4.69, 9.17) is 4.74 Å². The molecule has 0 saturated carbocycles. The molecule has 2 nitrogen and oxygen atoms in total. The topological polar surface area (TPSA) is 29.5 Å². The predicted octanol–water partition coefficient (Wildman–Crippen LogP) is 3.24. The van der Waals surface area contributed by atoms with Gasteiger partial charge in [-0.2, -0.15) is 0 Å². The SMILES string of the molecule is CC(O)(CCCC1CCCO1)c1ccccc1. The zero-order chi connectivity index (χ0) is 12.1. The molecule has 2 unspecified atom stereocenters. The first-order valence-corrected chi connectivity index (χ1v) is 6.58. The summed E-state index contributed by atoms with van der Waals surface area (Å²) in [5.74, 6) is 0. The molecule has 1 heterocycles. The Balaban J connectivity index is 1.80. The highest BCUT2D eigenvalue weighted by Gasteiger charge is 2.23. The van der Waals surface area contributed by atoms with E-state index in [1.807, 2.05) is 37.3 Å². The van der Waals surface area contributed by atoms with Crippen molar-refractivity contribution in [2.24, 2.45) is 0 Å². The lowest BCUT2D eigenvalue weighted by Gasteiger charge is -2.24. The molecular formula is C15H22O2. The predicted molar refractivity (Wildman–Crippen MR) is 68.8 cm³/mol. The second-order valence-corrected chi connectivity index (χ2v) is 5.17. The van der Waals surface area contributed by atoms with Crippen molar-refractivity contribution in [3.63, 3.8) is 0 Å². The van der Waals surface area contributed by atoms with Crippen molar-refractivity contribution >= 4 is 0 Å². The van der Waals surface area contributed by atoms with Gasteiger partial charge in [0.2, 0.25) is 0 Å². The fraction of sp³-hybridized carbons (Fsp3) is 0.600. The Morgan fingerprint density at radius 3 is 2.76 bits per heavy atom. The van der Waals surface area contributed by atoms with Crippen molar-refractivity contribution in [2.75, 3.05) is 6.61 Å². The molecule has 2 rings (SSSR count). The summed E-state index contributed by atoms with van der Waals surface area (Å²) in [5, 5.41) is 10.4. The van der Waals surface area contributed by atoms with Crippen LogP contribution in [0.15, 0.2) is 30.3 Å². The van der Waals surface area contributed by atoms with Gasteiger partial charge in [0.25, 0.3) is 0 Å². The van der Waals surface area contributed by atoms with Gasteiger partial charge in [0.1, 0.15) is 0 Å². The molecule has 1 aromatic rings. The van der Waals surface area contributed by atoms with E-state index in [1.165, 1.54) is 12.8 Å². The first-order valence-electron chi connectivity index (χ1n) is 6.58. The van der Waals surface area contributed by atoms with Crippen molar-refractivity contribution in [1.29, 1.82) is 0 Å². The van der Waals surface area contributed by atoms with Gasteiger partial charge in [-0.3, -0.25) is 0 Å². The molecule has 0 amide bonds. The van der Waals surface area contributed by atoms with Gasteiger partial charge in [-0.15, -0.1) is 0 Å². The van der Waals surface area contributed by atoms with Crippen LogP contribution in [0.2, 0.25) is 0 Å². The normalized spacial score (nSPS) is 23.5. The van der Waals surface area contributed by atoms with E-state index in [2.05, 4.69) is 0 Å². The molecular weight excluding hydrogens is 212 g/mol. The first kappa shape index (κ1) is 12.6. The second kappa shape index (κ2) is 5.65. The van der Waals surface area contributed by atoms with E-state index in [0.717, 1.165) is 31.4 Å². The molecule has 1 aliphatic rings. The molecule has 1 N–H and O–H groups in total. The van der Waals surface area contributed by atoms with Crippen molar-refractivity contribution < 1.29 is 9.84 Å². The summed E-state index contributed by atoms with van der Waals surface area (Å²) >= 11 is 0. The van der Waals surface area contributed by atoms with Gasteiger partial charge in [0.05, 0.1) is 11.7 Å². The van der Waals surface area contributed by atoms with Gasteiger partial charge >= 0.3 is 0 Å². The molecule has 1 aromatic carbocycles. The van der Waals surface area contributed by atoms with Crippen LogP contribution >= 0.6 is 0 Å². The van der Waals surface area contributed by atoms with Crippen molar-refractivity contribution in [3.8, 4) is 0 Å². The van der Waals surface area contributed by atoms with Crippen molar-refractivity contribution in [2.45, 2.75) is 50.7 Å². The third kappa shape index (κ3) is 3.55. The van der Waals surface area contributed by atoms with Crippen LogP contribution in [0, 0.1) is 0 Å². The second-order valence-electron chi connectivity index (χ2n) is 5.17. The Morgan fingerprint density at radius 1 is 1.35 bits per heavy atom. The summed E-state index contributed by atoms with van der Waals surface area (Å²) < 4.78 is 5.59. The zero-order valence-corrected chi connectivity index (χ0v) is 10.6. The first-order chi connectivity index (χ1) is 8.18. The molecule has 94 valence electrons. The van der Waals surface area contributed by atoms with E-state index in [0.29, 0.717) is 6.10 Å². The van der Waals surface area contributed by atoms with E-state index < -0.39 is 5.60 Å². The number of hydrogen-bond donors (Lipinski definition) is 1. The molecule has 1 aliphatic heterocycles. The van der Waals surface area contributed by atoms with Gasteiger partial charge in [-0.25, -0.2) is 0 Å². The molecule has 0 spiro atoms. The summed E-state index contributed by atoms with van der Waals surface area (Å²) in [4.78, 5) is 0. The standard InChI is InChI=1S/C15H22O2/c1-15(16,13-7-3-2-4-8-13)11-5-9-14-10-6-12-17-14/h2-4,7-8,14,16H,5-6,9-12H2,1H3. The third-order valence-electron chi connectivity index (χ3n) is 3.61. The molecule has 2 atom stereocenters. The summed E-state index contributed by atoms with van der Waals surface area (Å²) in [6.07, 6.45) is 5.71. The molecule has 1 saturated heterocycles. The van der Waals surface area contributed by atoms with Gasteiger partial charge < -0.3 is 9.84 Å². The summed E-state index contributed by atoms with van der Waals surface area (Å²) in [6.45, 7) is 2.82. The van der Waals surface area contributed by atoms with E-state index in [9.17, 15) is 5.11 Å². The van der Waals surface area contributed by atoms with E-state index in [1.54, 1.807) is 0 Å². The number of aliphatic hydroxyl groups is 1. The van der Waals surface area contributed by atoms with Crippen molar-refractivity contribution in [1.82, 2.24) is 0 Å². The highest BCUT2D eigenvalue weighted by atomic mass is 16.5. The van der Waals surface area contributed by atoms with Crippen molar-refractivity contribution in [3.05, 3.63) is 35.9 Å². The molecule has 17 heavy (non-hydrogen) atoms. The van der Waals surface area contributed by atoms with E-state index >= 15 is 0 Å². The Hall–Kier alpha value is -0.860. The maximum Gasteiger partial charge on any atom is 0.0868 e. The largest absolute Gasteiger partial charge is 0.385 e. The third-order valence-corrected chi connectivity index (χ3v) is 3.61. The summed E-state index contributed by atoms with van der Waals surface area (Å²) in [7, 11) is 0. The lowest BCUT2D eigenvalue weighted by molar-refractivity contribution is 0.0372. The van der Waals surface area contributed by atoms with Crippen LogP contribution in [0.3, 0.4) is 0 Å². The minimum atomic E-state index is -0.708. The van der Waals surface area contributed by atoms with Crippen LogP contribution < -0.4 is 0 Å². The number of hydrogen-bond acceptors (Lipinski definition) is 2. The Labute approximate surface area is 104 Å². The molecule has 0 aliphatic carbocycles. The zero-order valence-electron chi connectivity index (χ0n) is 10.6. The highest BCUT2D eigenvalue weighted by molar-refractivity contribution is 5.21. The minimum Gasteiger partial charge on any atom is -0.385 e. The summed E-state index contributed by atoms with van der Waals surface area (Å²) in [5.41, 5.74) is 0.298. The van der Waals surface area contributed by atoms with Crippen LogP contribution in [0.5, 0.6) is 0 Å².